The number of ether oxygens (including phenoxy) is 1. The lowest BCUT2D eigenvalue weighted by molar-refractivity contribution is -0.143. The summed E-state index contributed by atoms with van der Waals surface area (Å²) >= 11 is 0. The third-order valence-electron chi connectivity index (χ3n) is 3.01. The van der Waals surface area contributed by atoms with Crippen LogP contribution >= 0.6 is 0 Å². The molecule has 0 atom stereocenters. The monoisotopic (exact) mass is 276 g/mol. The van der Waals surface area contributed by atoms with Gasteiger partial charge in [0, 0.05) is 18.4 Å². The fraction of sp³-hybridized carbons (Fsp3) is 0.438. The molecule has 0 saturated carbocycles. The van der Waals surface area contributed by atoms with E-state index in [0.717, 1.165) is 37.4 Å². The van der Waals surface area contributed by atoms with Crippen LogP contribution in [0, 0.1) is 0 Å². The molecule has 0 heterocycles. The molecule has 0 bridgehead atoms. The van der Waals surface area contributed by atoms with Crippen LogP contribution in [0.5, 0.6) is 0 Å². The van der Waals surface area contributed by atoms with Crippen LogP contribution in [0.2, 0.25) is 0 Å². The van der Waals surface area contributed by atoms with E-state index in [1.165, 1.54) is 0 Å². The van der Waals surface area contributed by atoms with Gasteiger partial charge in [-0.05, 0) is 31.2 Å². The van der Waals surface area contributed by atoms with Gasteiger partial charge in [0.25, 0.3) is 0 Å². The zero-order valence-electron chi connectivity index (χ0n) is 11.5. The van der Waals surface area contributed by atoms with E-state index in [-0.39, 0.29) is 12.4 Å². The van der Waals surface area contributed by atoms with E-state index in [0.29, 0.717) is 25.0 Å². The van der Waals surface area contributed by atoms with Gasteiger partial charge in [-0.25, -0.2) is 0 Å². The standard InChI is InChI=1S/C16H20O4/c17-11-5-1-2-6-12-20-16(19)10-9-14-7-3-4-8-15(14)13-18/h3-4,7-8,11,13H,1-2,5-6,9-10,12H2. The molecule has 1 aromatic rings. The average molecular weight is 276 g/mol. The number of aldehydes is 2. The van der Waals surface area contributed by atoms with E-state index in [1.54, 1.807) is 12.1 Å². The van der Waals surface area contributed by atoms with Crippen LogP contribution in [0.3, 0.4) is 0 Å². The van der Waals surface area contributed by atoms with Crippen LogP contribution < -0.4 is 0 Å². The van der Waals surface area contributed by atoms with Gasteiger partial charge in [-0.3, -0.25) is 9.59 Å². The Labute approximate surface area is 119 Å². The van der Waals surface area contributed by atoms with Gasteiger partial charge in [0.1, 0.15) is 12.6 Å². The van der Waals surface area contributed by atoms with Crippen LogP contribution in [0.4, 0.5) is 0 Å². The minimum atomic E-state index is -0.249. The molecule has 0 radical (unpaired) electrons. The van der Waals surface area contributed by atoms with Gasteiger partial charge in [0.15, 0.2) is 0 Å². The zero-order chi connectivity index (χ0) is 14.6. The van der Waals surface area contributed by atoms with Crippen molar-refractivity contribution in [1.29, 1.82) is 0 Å². The molecular formula is C16H20O4. The Balaban J connectivity index is 2.19. The lowest BCUT2D eigenvalue weighted by atomic mass is 10.0. The third kappa shape index (κ3) is 6.27. The van der Waals surface area contributed by atoms with Crippen molar-refractivity contribution in [2.45, 2.75) is 38.5 Å². The minimum Gasteiger partial charge on any atom is -0.466 e. The van der Waals surface area contributed by atoms with Crippen LogP contribution in [0.1, 0.15) is 48.0 Å². The Kier molecular flexibility index (Phi) is 7.96. The largest absolute Gasteiger partial charge is 0.466 e. The Bertz CT molecular complexity index is 440. The number of hydrogen-bond acceptors (Lipinski definition) is 4. The molecule has 0 spiro atoms. The van der Waals surface area contributed by atoms with Crippen molar-refractivity contribution in [3.8, 4) is 0 Å². The molecule has 0 fully saturated rings. The SMILES string of the molecule is O=CCCCCCOC(=O)CCc1ccccc1C=O. The second kappa shape index (κ2) is 9.89. The first-order chi connectivity index (χ1) is 9.77. The Morgan fingerprint density at radius 3 is 2.65 bits per heavy atom. The Hall–Kier alpha value is -1.97. The summed E-state index contributed by atoms with van der Waals surface area (Å²) in [5.74, 6) is -0.249. The fourth-order valence-electron chi connectivity index (χ4n) is 1.88. The quantitative estimate of drug-likeness (QED) is 0.374. The molecule has 0 aromatic heterocycles. The van der Waals surface area contributed by atoms with E-state index in [2.05, 4.69) is 0 Å². The van der Waals surface area contributed by atoms with Crippen molar-refractivity contribution in [3.63, 3.8) is 0 Å². The van der Waals surface area contributed by atoms with E-state index < -0.39 is 0 Å². The minimum absolute atomic E-state index is 0.249. The highest BCUT2D eigenvalue weighted by Gasteiger charge is 2.06. The third-order valence-corrected chi connectivity index (χ3v) is 3.01. The smallest absolute Gasteiger partial charge is 0.306 e. The van der Waals surface area contributed by atoms with Crippen molar-refractivity contribution in [3.05, 3.63) is 35.4 Å². The van der Waals surface area contributed by atoms with Crippen molar-refractivity contribution in [2.75, 3.05) is 6.61 Å². The lowest BCUT2D eigenvalue weighted by Crippen LogP contribution is -2.07. The molecule has 0 amide bonds. The average Bonchev–Trinajstić information content (AvgIpc) is 2.49. The molecule has 0 saturated heterocycles. The number of carbonyl (C=O) groups excluding carboxylic acids is 3. The summed E-state index contributed by atoms with van der Waals surface area (Å²) in [6.07, 6.45) is 5.57. The highest BCUT2D eigenvalue weighted by Crippen LogP contribution is 2.09. The van der Waals surface area contributed by atoms with E-state index in [1.807, 2.05) is 12.1 Å². The van der Waals surface area contributed by atoms with Gasteiger partial charge in [-0.2, -0.15) is 0 Å². The molecule has 1 aromatic carbocycles. The molecule has 4 nitrogen and oxygen atoms in total. The molecule has 1 rings (SSSR count). The molecule has 20 heavy (non-hydrogen) atoms. The molecule has 0 aliphatic rings. The van der Waals surface area contributed by atoms with E-state index in [4.69, 9.17) is 4.74 Å². The second-order valence-corrected chi connectivity index (χ2v) is 4.55. The van der Waals surface area contributed by atoms with Gasteiger partial charge >= 0.3 is 5.97 Å². The first-order valence-corrected chi connectivity index (χ1v) is 6.90. The van der Waals surface area contributed by atoms with Crippen molar-refractivity contribution >= 4 is 18.5 Å². The number of aryl methyl sites for hydroxylation is 1. The summed E-state index contributed by atoms with van der Waals surface area (Å²) in [6.45, 7) is 0.396. The topological polar surface area (TPSA) is 60.4 Å². The molecule has 0 unspecified atom stereocenters. The summed E-state index contributed by atoms with van der Waals surface area (Å²) in [5.41, 5.74) is 1.49. The van der Waals surface area contributed by atoms with Gasteiger partial charge in [-0.15, -0.1) is 0 Å². The predicted molar refractivity (Wildman–Crippen MR) is 75.6 cm³/mol. The molecule has 108 valence electrons. The second-order valence-electron chi connectivity index (χ2n) is 4.55. The fourth-order valence-corrected chi connectivity index (χ4v) is 1.88. The Morgan fingerprint density at radius 2 is 1.90 bits per heavy atom. The van der Waals surface area contributed by atoms with Crippen molar-refractivity contribution in [1.82, 2.24) is 0 Å². The van der Waals surface area contributed by atoms with Gasteiger partial charge < -0.3 is 9.53 Å². The highest BCUT2D eigenvalue weighted by molar-refractivity contribution is 5.77. The van der Waals surface area contributed by atoms with Crippen molar-refractivity contribution in [2.24, 2.45) is 0 Å². The zero-order valence-corrected chi connectivity index (χ0v) is 11.5. The first-order valence-electron chi connectivity index (χ1n) is 6.90. The maximum Gasteiger partial charge on any atom is 0.306 e. The summed E-state index contributed by atoms with van der Waals surface area (Å²) in [5, 5.41) is 0. The number of unbranched alkanes of at least 4 members (excludes halogenated alkanes) is 3. The van der Waals surface area contributed by atoms with Crippen LogP contribution in [0.25, 0.3) is 0 Å². The first kappa shape index (κ1) is 16.1. The number of hydrogen-bond donors (Lipinski definition) is 0. The summed E-state index contributed by atoms with van der Waals surface area (Å²) in [6, 6.07) is 7.22. The highest BCUT2D eigenvalue weighted by atomic mass is 16.5. The van der Waals surface area contributed by atoms with Crippen LogP contribution in [0.15, 0.2) is 24.3 Å². The molecule has 0 aliphatic carbocycles. The van der Waals surface area contributed by atoms with E-state index in [9.17, 15) is 14.4 Å². The van der Waals surface area contributed by atoms with Gasteiger partial charge in [0.05, 0.1) is 6.61 Å². The molecule has 4 heteroatoms. The summed E-state index contributed by atoms with van der Waals surface area (Å²) in [4.78, 5) is 32.5. The maximum absolute atomic E-state index is 11.5. The number of rotatable bonds is 10. The molecular weight excluding hydrogens is 256 g/mol. The predicted octanol–water partition coefficient (Wildman–Crippen LogP) is 2.73. The number of carbonyl (C=O) groups is 3. The lowest BCUT2D eigenvalue weighted by Gasteiger charge is -2.06. The van der Waals surface area contributed by atoms with Crippen LogP contribution in [-0.2, 0) is 20.7 Å². The van der Waals surface area contributed by atoms with Crippen molar-refractivity contribution < 1.29 is 19.1 Å². The maximum atomic E-state index is 11.5. The molecule has 0 N–H and O–H groups in total. The van der Waals surface area contributed by atoms with E-state index >= 15 is 0 Å². The van der Waals surface area contributed by atoms with Crippen LogP contribution in [-0.4, -0.2) is 25.1 Å². The number of benzene rings is 1. The molecule has 0 aliphatic heterocycles. The van der Waals surface area contributed by atoms with Gasteiger partial charge in [-0.1, -0.05) is 24.3 Å². The normalized spacial score (nSPS) is 10.0. The Morgan fingerprint density at radius 1 is 1.10 bits per heavy atom. The number of esters is 1. The van der Waals surface area contributed by atoms with Gasteiger partial charge in [0.2, 0.25) is 0 Å². The summed E-state index contributed by atoms with van der Waals surface area (Å²) < 4.78 is 5.10. The summed E-state index contributed by atoms with van der Waals surface area (Å²) in [7, 11) is 0.